The summed E-state index contributed by atoms with van der Waals surface area (Å²) in [5, 5.41) is 7.91. The molecule has 0 saturated heterocycles. The average Bonchev–Trinajstić information content (AvgIpc) is 2.75. The van der Waals surface area contributed by atoms with Gasteiger partial charge in [-0.1, -0.05) is 72.8 Å². The Morgan fingerprint density at radius 2 is 0.704 bits per heavy atom. The van der Waals surface area contributed by atoms with Gasteiger partial charge in [-0.05, 0) is 48.5 Å². The van der Waals surface area contributed by atoms with Crippen molar-refractivity contribution in [1.29, 1.82) is 0 Å². The SMILES string of the molecule is [I-].c1ccc(N[P+](c2ccccc2)(c2ccccc2)c2ccccc2)cc1. The highest BCUT2D eigenvalue weighted by Gasteiger charge is 2.45. The van der Waals surface area contributed by atoms with Crippen LogP contribution >= 0.6 is 7.41 Å². The molecule has 0 aromatic heterocycles. The highest BCUT2D eigenvalue weighted by atomic mass is 127. The van der Waals surface area contributed by atoms with Crippen LogP contribution in [0.2, 0.25) is 0 Å². The predicted octanol–water partition coefficient (Wildman–Crippen LogP) is 2.01. The van der Waals surface area contributed by atoms with Crippen LogP contribution in [0.15, 0.2) is 121 Å². The van der Waals surface area contributed by atoms with Gasteiger partial charge >= 0.3 is 0 Å². The average molecular weight is 481 g/mol. The van der Waals surface area contributed by atoms with Gasteiger partial charge in [-0.2, -0.15) is 0 Å². The summed E-state index contributed by atoms with van der Waals surface area (Å²) in [5.74, 6) is 0. The normalized spacial score (nSPS) is 10.7. The Hall–Kier alpha value is -2.16. The minimum atomic E-state index is -2.03. The Balaban J connectivity index is 0.00000210. The molecule has 4 aromatic carbocycles. The van der Waals surface area contributed by atoms with E-state index >= 15 is 0 Å². The van der Waals surface area contributed by atoms with Crippen LogP contribution in [0.3, 0.4) is 0 Å². The second-order valence-electron chi connectivity index (χ2n) is 6.16. The number of hydrogen-bond donors (Lipinski definition) is 1. The van der Waals surface area contributed by atoms with Gasteiger partial charge < -0.3 is 24.0 Å². The first-order valence-electron chi connectivity index (χ1n) is 8.79. The van der Waals surface area contributed by atoms with E-state index in [0.717, 1.165) is 5.69 Å². The van der Waals surface area contributed by atoms with Crippen molar-refractivity contribution in [2.75, 3.05) is 5.09 Å². The predicted molar refractivity (Wildman–Crippen MR) is 115 cm³/mol. The lowest BCUT2D eigenvalue weighted by atomic mass is 10.3. The van der Waals surface area contributed by atoms with Crippen molar-refractivity contribution in [3.05, 3.63) is 121 Å². The molecule has 0 unspecified atom stereocenters. The van der Waals surface area contributed by atoms with Gasteiger partial charge in [0, 0.05) is 0 Å². The van der Waals surface area contributed by atoms with Crippen molar-refractivity contribution in [1.82, 2.24) is 0 Å². The second kappa shape index (κ2) is 9.16. The molecular formula is C24H21INP. The molecule has 0 aliphatic heterocycles. The molecule has 0 spiro atoms. The Kier molecular flexibility index (Phi) is 6.65. The molecule has 1 N–H and O–H groups in total. The summed E-state index contributed by atoms with van der Waals surface area (Å²) < 4.78 is 0. The van der Waals surface area contributed by atoms with Crippen molar-refractivity contribution in [3.63, 3.8) is 0 Å². The second-order valence-corrected chi connectivity index (χ2v) is 9.27. The summed E-state index contributed by atoms with van der Waals surface area (Å²) in [4.78, 5) is 0. The van der Waals surface area contributed by atoms with Crippen LogP contribution in [0.1, 0.15) is 0 Å². The van der Waals surface area contributed by atoms with E-state index in [1.54, 1.807) is 0 Å². The molecule has 0 aliphatic rings. The summed E-state index contributed by atoms with van der Waals surface area (Å²) in [6.45, 7) is 0. The van der Waals surface area contributed by atoms with Crippen molar-refractivity contribution in [3.8, 4) is 0 Å². The van der Waals surface area contributed by atoms with E-state index in [1.807, 2.05) is 0 Å². The Morgan fingerprint density at radius 3 is 1.04 bits per heavy atom. The first kappa shape index (κ1) is 19.6. The number of halogens is 1. The number of benzene rings is 4. The number of nitrogens with one attached hydrogen (secondary N) is 1. The van der Waals surface area contributed by atoms with E-state index in [9.17, 15) is 0 Å². The number of rotatable bonds is 5. The van der Waals surface area contributed by atoms with Gasteiger partial charge in [0.1, 0.15) is 15.9 Å². The van der Waals surface area contributed by atoms with Gasteiger partial charge in [0.15, 0.2) is 7.41 Å². The fraction of sp³-hybridized carbons (Fsp3) is 0. The summed E-state index contributed by atoms with van der Waals surface area (Å²) >= 11 is 0. The van der Waals surface area contributed by atoms with Crippen LogP contribution in [-0.2, 0) is 0 Å². The third-order valence-corrected chi connectivity index (χ3v) is 8.31. The fourth-order valence-corrected chi connectivity index (χ4v) is 6.98. The molecule has 3 heteroatoms. The van der Waals surface area contributed by atoms with Crippen molar-refractivity contribution in [2.24, 2.45) is 0 Å². The number of anilines is 1. The van der Waals surface area contributed by atoms with Crippen LogP contribution < -0.4 is 45.0 Å². The first-order chi connectivity index (χ1) is 12.9. The highest BCUT2D eigenvalue weighted by molar-refractivity contribution is 7.96. The first-order valence-corrected chi connectivity index (χ1v) is 10.6. The maximum absolute atomic E-state index is 3.95. The van der Waals surface area contributed by atoms with Gasteiger partial charge in [0.05, 0.1) is 5.69 Å². The summed E-state index contributed by atoms with van der Waals surface area (Å²) in [6.07, 6.45) is 0. The van der Waals surface area contributed by atoms with E-state index < -0.39 is 7.41 Å². The minimum absolute atomic E-state index is 0. The number of hydrogen-bond acceptors (Lipinski definition) is 1. The molecule has 0 saturated carbocycles. The van der Waals surface area contributed by atoms with Crippen LogP contribution in [-0.4, -0.2) is 0 Å². The molecule has 0 fully saturated rings. The van der Waals surface area contributed by atoms with Crippen LogP contribution in [0.4, 0.5) is 5.69 Å². The van der Waals surface area contributed by atoms with Gasteiger partial charge in [-0.3, -0.25) is 0 Å². The van der Waals surface area contributed by atoms with E-state index in [1.165, 1.54) is 15.9 Å². The fourth-order valence-electron chi connectivity index (χ4n) is 3.30. The molecule has 0 aliphatic carbocycles. The van der Waals surface area contributed by atoms with Crippen molar-refractivity contribution < 1.29 is 24.0 Å². The van der Waals surface area contributed by atoms with Crippen LogP contribution in [0.5, 0.6) is 0 Å². The molecule has 27 heavy (non-hydrogen) atoms. The lowest BCUT2D eigenvalue weighted by Crippen LogP contribution is -3.00. The highest BCUT2D eigenvalue weighted by Crippen LogP contribution is 2.54. The molecule has 0 bridgehead atoms. The Bertz CT molecular complexity index is 848. The Labute approximate surface area is 178 Å². The van der Waals surface area contributed by atoms with Gasteiger partial charge in [-0.15, -0.1) is 0 Å². The van der Waals surface area contributed by atoms with E-state index in [-0.39, 0.29) is 24.0 Å². The molecule has 0 heterocycles. The smallest absolute Gasteiger partial charge is 0.199 e. The third kappa shape index (κ3) is 4.07. The summed E-state index contributed by atoms with van der Waals surface area (Å²) in [5.41, 5.74) is 1.14. The topological polar surface area (TPSA) is 12.0 Å². The molecule has 0 amide bonds. The largest absolute Gasteiger partial charge is 1.00 e. The molecule has 4 rings (SSSR count). The quantitative estimate of drug-likeness (QED) is 0.340. The number of para-hydroxylation sites is 1. The standard InChI is InChI=1S/C24H21NP.HI/c1-5-13-21(14-6-1)25-26(22-15-7-2-8-16-22,23-17-9-3-10-18-23)24-19-11-4-12-20-24;/h1-20,25H;1H/q+1;/p-1. The zero-order valence-electron chi connectivity index (χ0n) is 14.9. The third-order valence-electron chi connectivity index (χ3n) is 4.50. The van der Waals surface area contributed by atoms with Gasteiger partial charge in [-0.25, -0.2) is 5.09 Å². The van der Waals surface area contributed by atoms with E-state index in [2.05, 4.69) is 126 Å². The zero-order chi connectivity index (χ0) is 17.7. The maximum Gasteiger partial charge on any atom is 0.199 e. The van der Waals surface area contributed by atoms with Crippen LogP contribution in [0, 0.1) is 0 Å². The maximum atomic E-state index is 3.95. The zero-order valence-corrected chi connectivity index (χ0v) is 17.9. The Morgan fingerprint density at radius 1 is 0.407 bits per heavy atom. The summed E-state index contributed by atoms with van der Waals surface area (Å²) in [6, 6.07) is 42.9. The van der Waals surface area contributed by atoms with Crippen LogP contribution in [0.25, 0.3) is 0 Å². The summed E-state index contributed by atoms with van der Waals surface area (Å²) in [7, 11) is -2.03. The molecule has 1 nitrogen and oxygen atoms in total. The molecule has 4 aromatic rings. The monoisotopic (exact) mass is 481 g/mol. The molecule has 0 atom stereocenters. The lowest BCUT2D eigenvalue weighted by Gasteiger charge is -2.28. The minimum Gasteiger partial charge on any atom is -1.00 e. The van der Waals surface area contributed by atoms with Crippen molar-refractivity contribution >= 4 is 29.0 Å². The van der Waals surface area contributed by atoms with Crippen molar-refractivity contribution in [2.45, 2.75) is 0 Å². The molecule has 134 valence electrons. The van der Waals surface area contributed by atoms with E-state index in [4.69, 9.17) is 0 Å². The van der Waals surface area contributed by atoms with Gasteiger partial charge in [0.25, 0.3) is 0 Å². The molecule has 0 radical (unpaired) electrons. The van der Waals surface area contributed by atoms with Gasteiger partial charge in [0.2, 0.25) is 0 Å². The molecular weight excluding hydrogens is 460 g/mol. The lowest BCUT2D eigenvalue weighted by molar-refractivity contribution is -0.00000497. The van der Waals surface area contributed by atoms with E-state index in [0.29, 0.717) is 0 Å².